The number of ketones is 6. The molecule has 0 amide bonds. The van der Waals surface area contributed by atoms with Crippen LogP contribution in [0.15, 0.2) is 154 Å². The summed E-state index contributed by atoms with van der Waals surface area (Å²) in [5.41, 5.74) is 11.1. The van der Waals surface area contributed by atoms with Gasteiger partial charge in [-0.05, 0) is 41.5 Å². The Morgan fingerprint density at radius 2 is 0.804 bits per heavy atom. The molecule has 102 heavy (non-hydrogen) atoms. The van der Waals surface area contributed by atoms with E-state index >= 15 is 0 Å². The van der Waals surface area contributed by atoms with Crippen LogP contribution in [0.3, 0.4) is 0 Å². The predicted octanol–water partition coefficient (Wildman–Crippen LogP) is 20.3. The van der Waals surface area contributed by atoms with E-state index in [1.807, 2.05) is 101 Å². The van der Waals surface area contributed by atoms with Crippen molar-refractivity contribution in [3.8, 4) is 12.1 Å². The van der Waals surface area contributed by atoms with Gasteiger partial charge in [0.05, 0.1) is 97.7 Å². The molecule has 0 atom stereocenters. The van der Waals surface area contributed by atoms with Crippen molar-refractivity contribution >= 4 is 187 Å². The fourth-order valence-electron chi connectivity index (χ4n) is 12.4. The number of carbonyl (C=O) groups is 6. The SMILES string of the molecule is CC.CC.CC(F)(F)F.CC(F)(F)F.Cn1c(C=C2C(=O)c3ccccc3C2=O)cc2sc3c4sc(C=C5C(=O)c6ccccc6C5=O)cc4n(C)c3c21.[C-]#[N+]C(C#N)=C1C(=Nc2cc3c(s2)c2sc4cc(N=C5C(=O)c6ccccc6/C5=C(/C#N)[N+]#[C-])n(C)c4c2n3C)C(=O)c2ccccc21. The summed E-state index contributed by atoms with van der Waals surface area (Å²) in [5.74, 6) is -1.08. The lowest BCUT2D eigenvalue weighted by molar-refractivity contribution is -0.111. The molecule has 0 N–H and O–H groups in total. The van der Waals surface area contributed by atoms with Gasteiger partial charge in [0, 0.05) is 103 Å². The standard InChI is InChI=1S/C36H16N8O2S2.C32H18N2O4S2.2C2H3F3.2C2H6/c1-39-21(15-37)27-17-9-5-7-11-19(17)33(45)29(27)41-25-14-24-31(44(25)4)32-36(47-24)35-23(43(32)3)13-26(48-35)42-30-28(22(16-38)40-2)18-10-6-8-12-20(18)34(30)46;1-33-15(11-21-27(35)17-7-3-4-8-18(17)28(21)36)12-24-25(33)26-32(40-24)31-23(34(26)2)14-16(39-31)13-22-29(37)19-9-5-6-10-20(19)30(22)38;2*1-2(3,4)5;2*1-2/h5-14H,3-4H3;3-14H,1-2H3;2*1H3;2*1-2H3/b27-21+,28-22?,41-29?,42-30?;;;;;. The molecule has 0 saturated carbocycles. The maximum Gasteiger partial charge on any atom is 0.386 e. The zero-order valence-electron chi connectivity index (χ0n) is 55.5. The first-order chi connectivity index (χ1) is 48.6. The average Bonchev–Trinajstić information content (AvgIpc) is 1.56. The zero-order chi connectivity index (χ0) is 73.9. The number of nitriles is 2. The molecule has 16 rings (SSSR count). The van der Waals surface area contributed by atoms with Gasteiger partial charge in [-0.2, -0.15) is 26.3 Å². The van der Waals surface area contributed by atoms with Crippen LogP contribution in [0.1, 0.15) is 125 Å². The largest absolute Gasteiger partial charge is 0.386 e. The molecule has 4 aliphatic rings. The Kier molecular flexibility index (Phi) is 19.4. The highest BCUT2D eigenvalue weighted by Crippen LogP contribution is 2.50. The van der Waals surface area contributed by atoms with Gasteiger partial charge in [-0.15, -0.1) is 45.3 Å². The van der Waals surface area contributed by atoms with Crippen molar-refractivity contribution in [1.29, 1.82) is 10.5 Å². The van der Waals surface area contributed by atoms with E-state index in [-0.39, 0.29) is 93.7 Å². The highest BCUT2D eigenvalue weighted by atomic mass is 32.1. The Morgan fingerprint density at radius 3 is 1.22 bits per heavy atom. The number of aryl methyl sites for hydroxylation is 4. The van der Waals surface area contributed by atoms with Gasteiger partial charge in [0.25, 0.3) is 11.4 Å². The summed E-state index contributed by atoms with van der Waals surface area (Å²) >= 11 is 6.20. The molecule has 4 aliphatic carbocycles. The zero-order valence-corrected chi connectivity index (χ0v) is 58.8. The van der Waals surface area contributed by atoms with E-state index in [9.17, 15) is 65.6 Å². The number of allylic oxidation sites excluding steroid dienone is 6. The number of alkyl halides is 6. The molecule has 0 radical (unpaired) electrons. The minimum atomic E-state index is -4.00. The number of hydrogen-bond acceptors (Lipinski definition) is 14. The maximum atomic E-state index is 13.4. The number of thiophene rings is 4. The molecule has 16 nitrogen and oxygen atoms in total. The minimum Gasteiger partial charge on any atom is -0.342 e. The van der Waals surface area contributed by atoms with Crippen LogP contribution in [-0.2, 0) is 28.2 Å². The van der Waals surface area contributed by atoms with Gasteiger partial charge in [-0.1, -0.05) is 125 Å². The Labute approximate surface area is 593 Å². The van der Waals surface area contributed by atoms with Crippen molar-refractivity contribution in [3.63, 3.8) is 0 Å². The Hall–Kier alpha value is -11.8. The first-order valence-corrected chi connectivity index (χ1v) is 34.3. The smallest absolute Gasteiger partial charge is 0.342 e. The second kappa shape index (κ2) is 27.7. The van der Waals surface area contributed by atoms with Crippen LogP contribution >= 0.6 is 45.3 Å². The van der Waals surface area contributed by atoms with Gasteiger partial charge in [0.1, 0.15) is 22.2 Å². The average molecular weight is 1440 g/mol. The Bertz CT molecular complexity index is 5930. The highest BCUT2D eigenvalue weighted by Gasteiger charge is 2.38. The highest BCUT2D eigenvalue weighted by molar-refractivity contribution is 7.32. The van der Waals surface area contributed by atoms with E-state index in [0.717, 1.165) is 71.9 Å². The second-order valence-electron chi connectivity index (χ2n) is 22.6. The topological polar surface area (TPSA) is 203 Å². The van der Waals surface area contributed by atoms with Gasteiger partial charge in [0.15, 0.2) is 23.1 Å². The lowest BCUT2D eigenvalue weighted by atomic mass is 10.1. The maximum absolute atomic E-state index is 13.4. The molecule has 0 bridgehead atoms. The van der Waals surface area contributed by atoms with Gasteiger partial charge >= 0.3 is 12.4 Å². The minimum absolute atomic E-state index is 0.0691. The van der Waals surface area contributed by atoms with Crippen molar-refractivity contribution in [3.05, 3.63) is 222 Å². The summed E-state index contributed by atoms with van der Waals surface area (Å²) in [7, 11) is 7.77. The lowest BCUT2D eigenvalue weighted by Gasteiger charge is -2.04. The number of carbonyl (C=O) groups excluding carboxylic acids is 6. The van der Waals surface area contributed by atoms with Gasteiger partial charge < -0.3 is 18.3 Å². The molecular formula is C76H52F6N10O6S4. The lowest BCUT2D eigenvalue weighted by Crippen LogP contribution is -2.08. The third-order valence-electron chi connectivity index (χ3n) is 16.5. The van der Waals surface area contributed by atoms with E-state index in [0.29, 0.717) is 55.3 Å². The first-order valence-electron chi connectivity index (χ1n) is 31.1. The number of aliphatic imine (C=N–C) groups is 2. The second-order valence-corrected chi connectivity index (χ2v) is 26.8. The molecule has 0 aliphatic heterocycles. The normalized spacial score (nSPS) is 15.4. The van der Waals surface area contributed by atoms with Crippen molar-refractivity contribution in [2.24, 2.45) is 38.2 Å². The van der Waals surface area contributed by atoms with Crippen molar-refractivity contribution < 1.29 is 55.1 Å². The fourth-order valence-corrected chi connectivity index (χ4v) is 17.4. The van der Waals surface area contributed by atoms with E-state index in [1.54, 1.807) is 143 Å². The van der Waals surface area contributed by atoms with Crippen molar-refractivity contribution in [1.82, 2.24) is 18.3 Å². The molecule has 26 heteroatoms. The summed E-state index contributed by atoms with van der Waals surface area (Å²) in [6, 6.07) is 39.4. The van der Waals surface area contributed by atoms with Gasteiger partial charge in [-0.25, -0.2) is 30.2 Å². The number of halogens is 6. The summed E-state index contributed by atoms with van der Waals surface area (Å²) in [6.07, 6.45) is -4.58. The molecule has 8 aromatic heterocycles. The van der Waals surface area contributed by atoms with Crippen LogP contribution in [0.5, 0.6) is 0 Å². The predicted molar refractivity (Wildman–Crippen MR) is 392 cm³/mol. The summed E-state index contributed by atoms with van der Waals surface area (Å²) in [6.45, 7) is 23.4. The summed E-state index contributed by atoms with van der Waals surface area (Å²) in [5, 5.41) is 19.9. The number of benzene rings is 4. The number of aromatic nitrogens is 4. The fraction of sp³-hybridized carbons (Fsp3) is 0.158. The molecule has 0 fully saturated rings. The molecule has 4 aromatic carbocycles. The quantitative estimate of drug-likeness (QED) is 0.0544. The van der Waals surface area contributed by atoms with Crippen LogP contribution < -0.4 is 0 Å². The summed E-state index contributed by atoms with van der Waals surface area (Å²) < 4.78 is 76.4. The number of fused-ring (bicyclic) bond motifs is 14. The molecular weight excluding hydrogens is 1390 g/mol. The van der Waals surface area contributed by atoms with Crippen LogP contribution in [0, 0.1) is 35.8 Å². The van der Waals surface area contributed by atoms with Crippen LogP contribution in [0.25, 0.3) is 94.3 Å². The molecule has 12 aromatic rings. The van der Waals surface area contributed by atoms with E-state index in [2.05, 4.69) is 18.8 Å². The van der Waals surface area contributed by atoms with E-state index in [4.69, 9.17) is 23.1 Å². The Balaban J connectivity index is 0.000000175. The number of rotatable bonds is 4. The molecule has 8 heterocycles. The van der Waals surface area contributed by atoms with E-state index in [1.165, 1.54) is 11.3 Å². The van der Waals surface area contributed by atoms with Crippen LogP contribution in [-0.4, -0.2) is 76.7 Å². The third kappa shape index (κ3) is 12.4. The van der Waals surface area contributed by atoms with Crippen LogP contribution in [0.2, 0.25) is 0 Å². The first kappa shape index (κ1) is 71.5. The molecule has 0 saturated heterocycles. The third-order valence-corrected chi connectivity index (χ3v) is 21.1. The number of Topliss-reactive ketones (excluding diaryl/α,β-unsaturated/α-hetero) is 6. The molecule has 0 spiro atoms. The number of hydrogen-bond donors (Lipinski definition) is 0. The summed E-state index contributed by atoms with van der Waals surface area (Å²) in [4.78, 5) is 95.6. The van der Waals surface area contributed by atoms with Crippen molar-refractivity contribution in [2.75, 3.05) is 0 Å². The van der Waals surface area contributed by atoms with Gasteiger partial charge in [-0.3, -0.25) is 28.8 Å². The molecule has 0 unspecified atom stereocenters. The monoisotopic (exact) mass is 1440 g/mol. The number of nitrogens with zero attached hydrogens (tertiary/aromatic N) is 10. The Morgan fingerprint density at radius 1 is 0.451 bits per heavy atom. The van der Waals surface area contributed by atoms with E-state index < -0.39 is 12.4 Å². The van der Waals surface area contributed by atoms with Gasteiger partial charge in [0.2, 0.25) is 11.6 Å². The van der Waals surface area contributed by atoms with Crippen LogP contribution in [0.4, 0.5) is 37.2 Å². The molecule has 508 valence electrons. The van der Waals surface area contributed by atoms with Crippen molar-refractivity contribution in [2.45, 2.75) is 53.9 Å².